The molecule has 0 radical (unpaired) electrons. The Morgan fingerprint density at radius 3 is 2.96 bits per heavy atom. The van der Waals surface area contributed by atoms with Crippen molar-refractivity contribution in [1.82, 2.24) is 15.2 Å². The Kier molecular flexibility index (Phi) is 5.08. The minimum absolute atomic E-state index is 0.0283. The molecule has 2 aromatic rings. The summed E-state index contributed by atoms with van der Waals surface area (Å²) in [6, 6.07) is 6.07. The highest BCUT2D eigenvalue weighted by Crippen LogP contribution is 2.35. The Morgan fingerprint density at radius 1 is 1.35 bits per heavy atom. The smallest absolute Gasteiger partial charge is 0.273 e. The first-order valence-corrected chi connectivity index (χ1v) is 10.0. The second kappa shape index (κ2) is 7.63. The molecular formula is C19H23N3O3S. The molecule has 0 bridgehead atoms. The van der Waals surface area contributed by atoms with Crippen LogP contribution in [0.3, 0.4) is 0 Å². The molecule has 1 amide bonds. The third-order valence-electron chi connectivity index (χ3n) is 4.71. The van der Waals surface area contributed by atoms with Gasteiger partial charge in [0.25, 0.3) is 5.91 Å². The van der Waals surface area contributed by atoms with E-state index in [1.165, 1.54) is 11.3 Å². The molecule has 138 valence electrons. The number of nitrogens with zero attached hydrogens (tertiary/aromatic N) is 2. The van der Waals surface area contributed by atoms with E-state index in [2.05, 4.69) is 17.2 Å². The normalized spacial score (nSPS) is 18.7. The maximum Gasteiger partial charge on any atom is 0.273 e. The Balaban J connectivity index is 1.56. The quantitative estimate of drug-likeness (QED) is 0.873. The topological polar surface area (TPSA) is 63.7 Å². The summed E-state index contributed by atoms with van der Waals surface area (Å²) in [6.07, 6.45) is 1.95. The predicted molar refractivity (Wildman–Crippen MR) is 101 cm³/mol. The van der Waals surface area contributed by atoms with Crippen molar-refractivity contribution >= 4 is 17.2 Å². The molecule has 3 heterocycles. The van der Waals surface area contributed by atoms with E-state index < -0.39 is 0 Å². The Hall–Kier alpha value is -2.12. The van der Waals surface area contributed by atoms with Gasteiger partial charge in [-0.25, -0.2) is 4.98 Å². The highest BCUT2D eigenvalue weighted by molar-refractivity contribution is 7.13. The molecule has 1 aromatic carbocycles. The fraction of sp³-hybridized carbons (Fsp3) is 0.474. The summed E-state index contributed by atoms with van der Waals surface area (Å²) >= 11 is 1.49. The molecule has 0 spiro atoms. The molecule has 1 atom stereocenters. The monoisotopic (exact) mass is 373 g/mol. The lowest BCUT2D eigenvalue weighted by atomic mass is 10.2. The molecule has 0 saturated carbocycles. The van der Waals surface area contributed by atoms with E-state index in [0.29, 0.717) is 18.9 Å². The zero-order valence-electron chi connectivity index (χ0n) is 14.9. The molecule has 1 saturated heterocycles. The standard InChI is InChI=1S/C19H23N3O3S/c1-2-7-22(14-5-6-20-11-14)19(23)15-12-26-18(21-15)13-3-4-16-17(10-13)25-9-8-24-16/h3-4,10,12,14,20H,2,5-9,11H2,1H3. The number of thiazole rings is 1. The Labute approximate surface area is 157 Å². The summed E-state index contributed by atoms with van der Waals surface area (Å²) in [5, 5.41) is 6.03. The lowest BCUT2D eigenvalue weighted by Gasteiger charge is -2.27. The largest absolute Gasteiger partial charge is 0.486 e. The van der Waals surface area contributed by atoms with Crippen molar-refractivity contribution in [1.29, 1.82) is 0 Å². The number of carbonyl (C=O) groups is 1. The van der Waals surface area contributed by atoms with Gasteiger partial charge in [0.1, 0.15) is 23.9 Å². The van der Waals surface area contributed by atoms with Crippen LogP contribution >= 0.6 is 11.3 Å². The average molecular weight is 373 g/mol. The molecule has 0 aliphatic carbocycles. The van der Waals surface area contributed by atoms with E-state index in [4.69, 9.17) is 9.47 Å². The van der Waals surface area contributed by atoms with Crippen molar-refractivity contribution in [3.8, 4) is 22.1 Å². The molecule has 2 aliphatic rings. The number of ether oxygens (including phenoxy) is 2. The number of fused-ring (bicyclic) bond motifs is 1. The van der Waals surface area contributed by atoms with E-state index in [-0.39, 0.29) is 11.9 Å². The van der Waals surface area contributed by atoms with Gasteiger partial charge in [0.2, 0.25) is 0 Å². The lowest BCUT2D eigenvalue weighted by Crippen LogP contribution is -2.42. The van der Waals surface area contributed by atoms with Gasteiger partial charge in [0.15, 0.2) is 11.5 Å². The van der Waals surface area contributed by atoms with Gasteiger partial charge in [-0.15, -0.1) is 11.3 Å². The highest BCUT2D eigenvalue weighted by atomic mass is 32.1. The van der Waals surface area contributed by atoms with Crippen LogP contribution in [0.4, 0.5) is 0 Å². The summed E-state index contributed by atoms with van der Waals surface area (Å²) < 4.78 is 11.2. The van der Waals surface area contributed by atoms with Gasteiger partial charge in [-0.3, -0.25) is 4.79 Å². The molecule has 6 nitrogen and oxygen atoms in total. The number of hydrogen-bond acceptors (Lipinski definition) is 6. The minimum Gasteiger partial charge on any atom is -0.486 e. The summed E-state index contributed by atoms with van der Waals surface area (Å²) in [5.74, 6) is 1.53. The summed E-state index contributed by atoms with van der Waals surface area (Å²) in [6.45, 7) is 5.83. The summed E-state index contributed by atoms with van der Waals surface area (Å²) in [5.41, 5.74) is 1.48. The average Bonchev–Trinajstić information content (AvgIpc) is 3.37. The van der Waals surface area contributed by atoms with E-state index >= 15 is 0 Å². The molecule has 7 heteroatoms. The zero-order chi connectivity index (χ0) is 17.9. The first kappa shape index (κ1) is 17.3. The van der Waals surface area contributed by atoms with Crippen molar-refractivity contribution in [2.75, 3.05) is 32.8 Å². The first-order chi connectivity index (χ1) is 12.8. The molecule has 2 aliphatic heterocycles. The molecule has 1 unspecified atom stereocenters. The van der Waals surface area contributed by atoms with Crippen molar-refractivity contribution in [3.05, 3.63) is 29.3 Å². The van der Waals surface area contributed by atoms with Gasteiger partial charge in [0.05, 0.1) is 0 Å². The fourth-order valence-corrected chi connectivity index (χ4v) is 4.22. The molecular weight excluding hydrogens is 350 g/mol. The Bertz CT molecular complexity index is 786. The van der Waals surface area contributed by atoms with Crippen molar-refractivity contribution in [2.24, 2.45) is 0 Å². The van der Waals surface area contributed by atoms with Gasteiger partial charge >= 0.3 is 0 Å². The SMILES string of the molecule is CCCN(C(=O)c1csc(-c2ccc3c(c2)OCCO3)n1)C1CCNC1. The van der Waals surface area contributed by atoms with Crippen LogP contribution < -0.4 is 14.8 Å². The third kappa shape index (κ3) is 3.41. The maximum absolute atomic E-state index is 13.0. The number of nitrogens with one attached hydrogen (secondary N) is 1. The van der Waals surface area contributed by atoms with Crippen molar-refractivity contribution in [3.63, 3.8) is 0 Å². The predicted octanol–water partition coefficient (Wildman–Crippen LogP) is 2.80. The second-order valence-corrected chi connectivity index (χ2v) is 7.40. The van der Waals surface area contributed by atoms with E-state index in [1.807, 2.05) is 28.5 Å². The summed E-state index contributed by atoms with van der Waals surface area (Å²) in [4.78, 5) is 19.6. The Morgan fingerprint density at radius 2 is 2.19 bits per heavy atom. The van der Waals surface area contributed by atoms with Crippen LogP contribution in [0, 0.1) is 0 Å². The third-order valence-corrected chi connectivity index (χ3v) is 5.60. The van der Waals surface area contributed by atoms with Crippen molar-refractivity contribution in [2.45, 2.75) is 25.8 Å². The van der Waals surface area contributed by atoms with Gasteiger partial charge in [-0.2, -0.15) is 0 Å². The number of carbonyl (C=O) groups excluding carboxylic acids is 1. The van der Waals surface area contributed by atoms with E-state index in [1.54, 1.807) is 0 Å². The van der Waals surface area contributed by atoms with Crippen LogP contribution in [0.15, 0.2) is 23.6 Å². The number of rotatable bonds is 5. The second-order valence-electron chi connectivity index (χ2n) is 6.54. The molecule has 1 fully saturated rings. The highest BCUT2D eigenvalue weighted by Gasteiger charge is 2.28. The summed E-state index contributed by atoms with van der Waals surface area (Å²) in [7, 11) is 0. The molecule has 4 rings (SSSR count). The zero-order valence-corrected chi connectivity index (χ0v) is 15.7. The van der Waals surface area contributed by atoms with Gasteiger partial charge in [-0.1, -0.05) is 6.92 Å². The molecule has 1 N–H and O–H groups in total. The van der Waals surface area contributed by atoms with Crippen molar-refractivity contribution < 1.29 is 14.3 Å². The number of amides is 1. The number of benzene rings is 1. The van der Waals surface area contributed by atoms with E-state index in [9.17, 15) is 4.79 Å². The van der Waals surface area contributed by atoms with Crippen LogP contribution in [0.2, 0.25) is 0 Å². The van der Waals surface area contributed by atoms with Gasteiger partial charge < -0.3 is 19.7 Å². The molecule has 1 aromatic heterocycles. The number of aromatic nitrogens is 1. The number of hydrogen-bond donors (Lipinski definition) is 1. The van der Waals surface area contributed by atoms with Crippen LogP contribution in [0.1, 0.15) is 30.3 Å². The first-order valence-electron chi connectivity index (χ1n) is 9.13. The minimum atomic E-state index is 0.0283. The fourth-order valence-electron chi connectivity index (χ4n) is 3.42. The van der Waals surface area contributed by atoms with E-state index in [0.717, 1.165) is 54.5 Å². The molecule has 26 heavy (non-hydrogen) atoms. The van der Waals surface area contributed by atoms with Crippen LogP contribution in [-0.4, -0.2) is 54.7 Å². The van der Waals surface area contributed by atoms with Crippen LogP contribution in [0.5, 0.6) is 11.5 Å². The van der Waals surface area contributed by atoms with Crippen LogP contribution in [-0.2, 0) is 0 Å². The maximum atomic E-state index is 13.0. The van der Waals surface area contributed by atoms with Crippen LogP contribution in [0.25, 0.3) is 10.6 Å². The van der Waals surface area contributed by atoms with Gasteiger partial charge in [-0.05, 0) is 37.6 Å². The van der Waals surface area contributed by atoms with Gasteiger partial charge in [0, 0.05) is 30.1 Å². The lowest BCUT2D eigenvalue weighted by molar-refractivity contribution is 0.0687.